The maximum atomic E-state index is 13.4. The molecule has 0 spiro atoms. The summed E-state index contributed by atoms with van der Waals surface area (Å²) in [5, 5.41) is 6.68. The third-order valence-electron chi connectivity index (χ3n) is 14.1. The molecular formula is C53H56Cl3FN6O2. The van der Waals surface area contributed by atoms with Gasteiger partial charge in [0.05, 0.1) is 19.6 Å². The van der Waals surface area contributed by atoms with Crippen LogP contribution in [0.1, 0.15) is 97.4 Å². The second-order valence-corrected chi connectivity index (χ2v) is 19.0. The van der Waals surface area contributed by atoms with Gasteiger partial charge in [-0.3, -0.25) is 14.0 Å². The van der Waals surface area contributed by atoms with Crippen molar-refractivity contribution >= 4 is 74.0 Å². The molecule has 8 nitrogen and oxygen atoms in total. The topological polar surface area (TPSA) is 81.7 Å². The van der Waals surface area contributed by atoms with Crippen molar-refractivity contribution in [2.75, 3.05) is 64.4 Å². The van der Waals surface area contributed by atoms with Crippen LogP contribution >= 0.6 is 34.8 Å². The summed E-state index contributed by atoms with van der Waals surface area (Å²) in [6, 6.07) is 28.0. The Morgan fingerprint density at radius 2 is 1.03 bits per heavy atom. The van der Waals surface area contributed by atoms with Gasteiger partial charge in [0.25, 0.3) is 0 Å². The number of piperidine rings is 4. The fourth-order valence-corrected chi connectivity index (χ4v) is 11.5. The highest BCUT2D eigenvalue weighted by molar-refractivity contribution is 6.39. The number of fused-ring (bicyclic) bond motifs is 10. The molecule has 12 heteroatoms. The Bertz CT molecular complexity index is 2710. The minimum atomic E-state index is -1.00. The number of pyridine rings is 2. The Kier molecular flexibility index (Phi) is 14.0. The molecule has 4 aromatic carbocycles. The minimum Gasteiger partial charge on any atom is -0.356 e. The van der Waals surface area contributed by atoms with Crippen molar-refractivity contribution in [3.63, 3.8) is 0 Å². The van der Waals surface area contributed by atoms with Crippen molar-refractivity contribution in [2.45, 2.75) is 76.3 Å². The average Bonchev–Trinajstić information content (AvgIpc) is 3.82. The molecule has 0 saturated carbocycles. The van der Waals surface area contributed by atoms with Crippen LogP contribution in [0.15, 0.2) is 84.9 Å². The second kappa shape index (κ2) is 20.6. The van der Waals surface area contributed by atoms with E-state index in [9.17, 15) is 14.0 Å². The van der Waals surface area contributed by atoms with Crippen molar-refractivity contribution in [1.29, 1.82) is 0 Å². The Balaban J connectivity index is 0.000000133. The predicted octanol–water partition coefficient (Wildman–Crippen LogP) is 12.1. The minimum absolute atomic E-state index is 0.0435. The molecule has 2 aromatic heterocycles. The predicted molar refractivity (Wildman–Crippen MR) is 265 cm³/mol. The number of benzene rings is 4. The third-order valence-corrected chi connectivity index (χ3v) is 14.8. The highest BCUT2D eigenvalue weighted by Crippen LogP contribution is 2.47. The Labute approximate surface area is 397 Å². The number of rotatable bonds is 3. The van der Waals surface area contributed by atoms with E-state index >= 15 is 0 Å². The second-order valence-electron chi connectivity index (χ2n) is 17.8. The number of para-hydroxylation sites is 2. The first-order chi connectivity index (χ1) is 32.2. The van der Waals surface area contributed by atoms with Crippen LogP contribution in [0.5, 0.6) is 0 Å². The van der Waals surface area contributed by atoms with Crippen LogP contribution in [0.25, 0.3) is 44.1 Å². The summed E-state index contributed by atoms with van der Waals surface area (Å²) in [5.74, 6) is 0.980. The number of carbonyl (C=O) groups is 2. The lowest BCUT2D eigenvalue weighted by molar-refractivity contribution is 0.103. The number of halogens is 4. The fourth-order valence-electron chi connectivity index (χ4n) is 10.9. The van der Waals surface area contributed by atoms with Crippen LogP contribution in [0, 0.1) is 0 Å². The summed E-state index contributed by atoms with van der Waals surface area (Å²) in [4.78, 5) is 43.4. The summed E-state index contributed by atoms with van der Waals surface area (Å²) >= 11 is 18.5. The van der Waals surface area contributed by atoms with Gasteiger partial charge in [0, 0.05) is 79.4 Å². The van der Waals surface area contributed by atoms with Gasteiger partial charge in [-0.2, -0.15) is 0 Å². The zero-order valence-corrected chi connectivity index (χ0v) is 39.0. The van der Waals surface area contributed by atoms with Crippen molar-refractivity contribution in [3.05, 3.63) is 122 Å². The molecule has 0 radical (unpaired) electrons. The van der Waals surface area contributed by atoms with Crippen LogP contribution in [0.3, 0.4) is 0 Å². The van der Waals surface area contributed by atoms with E-state index in [0.29, 0.717) is 43.5 Å². The molecule has 0 unspecified atom stereocenters. The zero-order chi connectivity index (χ0) is 45.7. The number of ketones is 2. The molecule has 0 bridgehead atoms. The summed E-state index contributed by atoms with van der Waals surface area (Å²) < 4.78 is 15.5. The van der Waals surface area contributed by atoms with Gasteiger partial charge in [0.1, 0.15) is 11.0 Å². The molecule has 4 fully saturated rings. The lowest BCUT2D eigenvalue weighted by Crippen LogP contribution is -2.47. The number of aromatic nitrogens is 2. The number of anilines is 1. The molecule has 6 aliphatic rings. The van der Waals surface area contributed by atoms with E-state index in [1.807, 2.05) is 66.7 Å². The van der Waals surface area contributed by atoms with E-state index in [2.05, 4.69) is 25.0 Å². The first-order valence-electron chi connectivity index (χ1n) is 24.0. The van der Waals surface area contributed by atoms with Crippen molar-refractivity contribution in [1.82, 2.24) is 25.1 Å². The van der Waals surface area contributed by atoms with E-state index in [0.717, 1.165) is 81.9 Å². The van der Waals surface area contributed by atoms with Gasteiger partial charge in [0.15, 0.2) is 11.6 Å². The van der Waals surface area contributed by atoms with Gasteiger partial charge >= 0.3 is 0 Å². The maximum absolute atomic E-state index is 13.4. The number of alkyl halides is 1. The normalized spacial score (nSPS) is 18.9. The van der Waals surface area contributed by atoms with Crippen molar-refractivity contribution < 1.29 is 15.4 Å². The molecule has 2 aliphatic carbocycles. The third kappa shape index (κ3) is 9.30. The van der Waals surface area contributed by atoms with Crippen LogP contribution < -0.4 is 10.2 Å². The Morgan fingerprint density at radius 3 is 1.57 bits per heavy atom. The first kappa shape index (κ1) is 44.4. The number of nitrogens with zero attached hydrogens (tertiary/aromatic N) is 5. The largest absolute Gasteiger partial charge is 0.356 e. The van der Waals surface area contributed by atoms with Gasteiger partial charge in [-0.05, 0) is 138 Å². The van der Waals surface area contributed by atoms with Crippen LogP contribution in [-0.4, -0.2) is 103 Å². The van der Waals surface area contributed by atoms with E-state index < -0.39 is 7.15 Å². The molecule has 12 rings (SSSR count). The molecule has 4 saturated heterocycles. The maximum Gasteiger partial charge on any atom is 0.195 e. The monoisotopic (exact) mass is 933 g/mol. The smallest absolute Gasteiger partial charge is 0.195 e. The van der Waals surface area contributed by atoms with Gasteiger partial charge in [-0.15, -0.1) is 0 Å². The summed E-state index contributed by atoms with van der Waals surface area (Å²) in [6.07, 6.45) is 13.4. The SMILES string of the molecule is C1CCN(C2CCNCC2)CC1.O=C1c2cc(Cl)ccc2-c2c(Cl)nc3ccccc3c21.O=C1c2cc(Cl)ccc2-c2c(N3CCC(N4CCCCC4)CC3)nc3ccccc3c21.[2H]CF. The zero-order valence-electron chi connectivity index (χ0n) is 37.7. The first-order valence-corrected chi connectivity index (χ1v) is 24.4. The molecule has 1 N–H and O–H groups in total. The van der Waals surface area contributed by atoms with Crippen LogP contribution in [-0.2, 0) is 0 Å². The van der Waals surface area contributed by atoms with Gasteiger partial charge in [-0.25, -0.2) is 9.97 Å². The van der Waals surface area contributed by atoms with Crippen molar-refractivity contribution in [3.8, 4) is 22.3 Å². The number of hydrogen-bond acceptors (Lipinski definition) is 8. The van der Waals surface area contributed by atoms with E-state index in [1.54, 1.807) is 18.2 Å². The highest BCUT2D eigenvalue weighted by atomic mass is 35.5. The number of likely N-dealkylation sites (tertiary alicyclic amines) is 2. The summed E-state index contributed by atoms with van der Waals surface area (Å²) in [7, 11) is -1.00. The van der Waals surface area contributed by atoms with E-state index in [-0.39, 0.29) is 11.6 Å². The number of hydrogen-bond donors (Lipinski definition) is 1. The highest BCUT2D eigenvalue weighted by Gasteiger charge is 2.36. The van der Waals surface area contributed by atoms with Gasteiger partial charge in [-0.1, -0.05) is 96.2 Å². The summed E-state index contributed by atoms with van der Waals surface area (Å²) in [6.45, 7) is 9.66. The van der Waals surface area contributed by atoms with Crippen molar-refractivity contribution in [2.24, 2.45) is 0 Å². The summed E-state index contributed by atoms with van der Waals surface area (Å²) in [5.41, 5.74) is 7.79. The Hall–Kier alpha value is -4.48. The van der Waals surface area contributed by atoms with E-state index in [1.165, 1.54) is 90.6 Å². The standard InChI is InChI=1S/C26H26ClN3O.C16H7Cl2NO.C10H20N2.CH3F/c27-17-8-9-19-21(16-17)25(31)23-20-6-2-3-7-22(20)28-26(24(19)23)30-14-10-18(11-15-30)29-12-4-1-5-13-29;17-8-5-6-9-11(7-8)15(20)13-10-3-1-2-4-12(10)19-16(18)14(9)13;1-2-8-12(9-3-1)10-4-6-11-7-5-10;1-2/h2-3,6-9,16,18H,1,4-5,10-15H2;1-7H;10-11H,1-9H2;1H3/i;;;1D. The van der Waals surface area contributed by atoms with Crippen LogP contribution in [0.4, 0.5) is 10.2 Å². The molecule has 65 heavy (non-hydrogen) atoms. The molecule has 338 valence electrons. The van der Waals surface area contributed by atoms with Gasteiger partial charge in [0.2, 0.25) is 0 Å². The molecule has 6 heterocycles. The molecule has 6 aromatic rings. The van der Waals surface area contributed by atoms with Gasteiger partial charge < -0.3 is 20.0 Å². The quantitative estimate of drug-likeness (QED) is 0.176. The number of nitrogens with one attached hydrogen (secondary N) is 1. The molecular weight excluding hydrogens is 878 g/mol. The Morgan fingerprint density at radius 1 is 0.569 bits per heavy atom. The fraction of sp³-hybridized carbons (Fsp3) is 0.396. The number of carbonyl (C=O) groups excluding carboxylic acids is 2. The average molecular weight is 935 g/mol. The lowest BCUT2D eigenvalue weighted by Gasteiger charge is -2.41. The van der Waals surface area contributed by atoms with E-state index in [4.69, 9.17) is 41.2 Å². The lowest BCUT2D eigenvalue weighted by atomic mass is 9.98. The van der Waals surface area contributed by atoms with Crippen LogP contribution in [0.2, 0.25) is 15.2 Å². The molecule has 0 atom stereocenters. The molecule has 0 amide bonds. The molecule has 4 aliphatic heterocycles.